The second-order valence-corrected chi connectivity index (χ2v) is 7.83. The first-order valence-electron chi connectivity index (χ1n) is 10.00. The highest BCUT2D eigenvalue weighted by atomic mass is 35.5. The monoisotopic (exact) mass is 405 g/mol. The molecule has 29 heavy (non-hydrogen) atoms. The summed E-state index contributed by atoms with van der Waals surface area (Å²) in [4.78, 5) is 19.5. The minimum atomic E-state index is -0.195. The quantitative estimate of drug-likeness (QED) is 0.554. The van der Waals surface area contributed by atoms with Gasteiger partial charge in [-0.15, -0.1) is 0 Å². The van der Waals surface area contributed by atoms with Gasteiger partial charge in [-0.25, -0.2) is 4.98 Å². The summed E-state index contributed by atoms with van der Waals surface area (Å²) in [5, 5.41) is 4.60. The zero-order chi connectivity index (χ0) is 20.2. The zero-order valence-corrected chi connectivity index (χ0v) is 17.2. The summed E-state index contributed by atoms with van der Waals surface area (Å²) in [6, 6.07) is 15.4. The van der Waals surface area contributed by atoms with Gasteiger partial charge in [-0.3, -0.25) is 4.79 Å². The maximum Gasteiger partial charge on any atom is 0.248 e. The summed E-state index contributed by atoms with van der Waals surface area (Å²) in [7, 11) is 0. The van der Waals surface area contributed by atoms with E-state index in [0.29, 0.717) is 5.02 Å². The molecule has 1 aliphatic heterocycles. The Kier molecular flexibility index (Phi) is 5.81. The van der Waals surface area contributed by atoms with E-state index < -0.39 is 0 Å². The summed E-state index contributed by atoms with van der Waals surface area (Å²) in [6.45, 7) is 4.24. The number of carbonyl (C=O) groups is 1. The molecule has 5 heteroatoms. The van der Waals surface area contributed by atoms with Crippen LogP contribution in [0.25, 0.3) is 17.0 Å². The number of nitrogens with one attached hydrogen (secondary N) is 1. The highest BCUT2D eigenvalue weighted by Gasteiger charge is 2.14. The SMILES string of the molecule is Cc1cc(N2CCCCC2)nc2ccc(NC(=O)C=Cc3ccccc3Cl)cc12. The predicted molar refractivity (Wildman–Crippen MR) is 122 cm³/mol. The van der Waals surface area contributed by atoms with Crippen LogP contribution >= 0.6 is 11.6 Å². The molecular weight excluding hydrogens is 382 g/mol. The smallest absolute Gasteiger partial charge is 0.248 e. The van der Waals surface area contributed by atoms with Crippen LogP contribution in [0.4, 0.5) is 11.5 Å². The largest absolute Gasteiger partial charge is 0.357 e. The molecule has 1 fully saturated rings. The van der Waals surface area contributed by atoms with Gasteiger partial charge in [-0.2, -0.15) is 0 Å². The van der Waals surface area contributed by atoms with Gasteiger partial charge in [0, 0.05) is 35.3 Å². The third-order valence-corrected chi connectivity index (χ3v) is 5.61. The Morgan fingerprint density at radius 1 is 1.10 bits per heavy atom. The molecule has 148 valence electrons. The van der Waals surface area contributed by atoms with Crippen LogP contribution in [0.1, 0.15) is 30.4 Å². The molecule has 0 radical (unpaired) electrons. The van der Waals surface area contributed by atoms with Crippen molar-refractivity contribution in [3.63, 3.8) is 0 Å². The molecule has 0 aliphatic carbocycles. The van der Waals surface area contributed by atoms with Crippen molar-refractivity contribution in [1.29, 1.82) is 0 Å². The van der Waals surface area contributed by atoms with Gasteiger partial charge in [0.2, 0.25) is 5.91 Å². The Balaban J connectivity index is 1.52. The van der Waals surface area contributed by atoms with E-state index >= 15 is 0 Å². The van der Waals surface area contributed by atoms with Crippen LogP contribution in [0, 0.1) is 6.92 Å². The topological polar surface area (TPSA) is 45.2 Å². The van der Waals surface area contributed by atoms with E-state index in [9.17, 15) is 4.79 Å². The van der Waals surface area contributed by atoms with Gasteiger partial charge >= 0.3 is 0 Å². The van der Waals surface area contributed by atoms with Gasteiger partial charge in [0.25, 0.3) is 0 Å². The van der Waals surface area contributed by atoms with Gasteiger partial charge in [0.05, 0.1) is 5.52 Å². The summed E-state index contributed by atoms with van der Waals surface area (Å²) in [5.74, 6) is 0.856. The minimum absolute atomic E-state index is 0.195. The number of amides is 1. The number of halogens is 1. The predicted octanol–water partition coefficient (Wildman–Crippen LogP) is 5.84. The van der Waals surface area contributed by atoms with E-state index in [0.717, 1.165) is 41.1 Å². The number of piperidine rings is 1. The number of carbonyl (C=O) groups excluding carboxylic acids is 1. The van der Waals surface area contributed by atoms with E-state index in [2.05, 4.69) is 23.2 Å². The molecule has 1 N–H and O–H groups in total. The lowest BCUT2D eigenvalue weighted by molar-refractivity contribution is -0.111. The number of nitrogens with zero attached hydrogens (tertiary/aromatic N) is 2. The molecule has 1 saturated heterocycles. The normalized spacial score (nSPS) is 14.5. The molecule has 0 atom stereocenters. The first kappa shape index (κ1) is 19.5. The molecule has 0 spiro atoms. The van der Waals surface area contributed by atoms with Crippen molar-refractivity contribution in [1.82, 2.24) is 4.98 Å². The van der Waals surface area contributed by atoms with Crippen molar-refractivity contribution in [2.45, 2.75) is 26.2 Å². The molecule has 2 heterocycles. The van der Waals surface area contributed by atoms with Crippen LogP contribution in [0.2, 0.25) is 5.02 Å². The fraction of sp³-hybridized carbons (Fsp3) is 0.250. The fourth-order valence-corrected chi connectivity index (χ4v) is 3.90. The standard InChI is InChI=1S/C24H24ClN3O/c1-17-15-23(28-13-5-2-6-14-28)27-22-11-10-19(16-20(17)22)26-24(29)12-9-18-7-3-4-8-21(18)25/h3-4,7-12,15-16H,2,5-6,13-14H2,1H3,(H,26,29). The second-order valence-electron chi connectivity index (χ2n) is 7.42. The van der Waals surface area contributed by atoms with Crippen LogP contribution in [0.5, 0.6) is 0 Å². The Labute approximate surface area is 176 Å². The number of hydrogen-bond acceptors (Lipinski definition) is 3. The van der Waals surface area contributed by atoms with Crippen LogP contribution in [0.3, 0.4) is 0 Å². The van der Waals surface area contributed by atoms with Crippen LogP contribution < -0.4 is 10.2 Å². The molecule has 4 nitrogen and oxygen atoms in total. The molecule has 1 aliphatic rings. The van der Waals surface area contributed by atoms with E-state index in [1.54, 1.807) is 12.1 Å². The number of fused-ring (bicyclic) bond motifs is 1. The number of rotatable bonds is 4. The lowest BCUT2D eigenvalue weighted by atomic mass is 10.1. The Bertz CT molecular complexity index is 1070. The summed E-state index contributed by atoms with van der Waals surface area (Å²) in [5.41, 5.74) is 3.68. The lowest BCUT2D eigenvalue weighted by Crippen LogP contribution is -2.30. The molecule has 0 unspecified atom stereocenters. The van der Waals surface area contributed by atoms with Crippen molar-refractivity contribution >= 4 is 46.0 Å². The number of hydrogen-bond donors (Lipinski definition) is 1. The minimum Gasteiger partial charge on any atom is -0.357 e. The third-order valence-electron chi connectivity index (χ3n) is 5.27. The summed E-state index contributed by atoms with van der Waals surface area (Å²) < 4.78 is 0. The molecular formula is C24H24ClN3O. The van der Waals surface area contributed by atoms with Crippen molar-refractivity contribution in [3.05, 3.63) is 70.8 Å². The van der Waals surface area contributed by atoms with Crippen molar-refractivity contribution in [2.75, 3.05) is 23.3 Å². The van der Waals surface area contributed by atoms with Gasteiger partial charge in [0.15, 0.2) is 0 Å². The highest BCUT2D eigenvalue weighted by Crippen LogP contribution is 2.27. The van der Waals surface area contributed by atoms with E-state index in [4.69, 9.17) is 16.6 Å². The number of aromatic nitrogens is 1. The molecule has 2 aromatic carbocycles. The van der Waals surface area contributed by atoms with Gasteiger partial charge in [0.1, 0.15) is 5.82 Å². The van der Waals surface area contributed by atoms with E-state index in [-0.39, 0.29) is 5.91 Å². The number of aryl methyl sites for hydroxylation is 1. The first-order valence-corrected chi connectivity index (χ1v) is 10.4. The Morgan fingerprint density at radius 2 is 1.90 bits per heavy atom. The highest BCUT2D eigenvalue weighted by molar-refractivity contribution is 6.32. The lowest BCUT2D eigenvalue weighted by Gasteiger charge is -2.28. The number of pyridine rings is 1. The van der Waals surface area contributed by atoms with Gasteiger partial charge < -0.3 is 10.2 Å². The summed E-state index contributed by atoms with van der Waals surface area (Å²) in [6.07, 6.45) is 6.97. The maximum atomic E-state index is 12.3. The molecule has 0 saturated carbocycles. The maximum absolute atomic E-state index is 12.3. The van der Waals surface area contributed by atoms with Crippen LogP contribution in [-0.2, 0) is 4.79 Å². The Hall–Kier alpha value is -2.85. The first-order chi connectivity index (χ1) is 14.1. The van der Waals surface area contributed by atoms with Crippen molar-refractivity contribution in [3.8, 4) is 0 Å². The molecule has 3 aromatic rings. The van der Waals surface area contributed by atoms with Crippen molar-refractivity contribution in [2.24, 2.45) is 0 Å². The fourth-order valence-electron chi connectivity index (χ4n) is 3.70. The number of benzene rings is 2. The second kappa shape index (κ2) is 8.66. The van der Waals surface area contributed by atoms with Crippen LogP contribution in [0.15, 0.2) is 54.6 Å². The van der Waals surface area contributed by atoms with Gasteiger partial charge in [-0.05, 0) is 73.7 Å². The third kappa shape index (κ3) is 4.60. The summed E-state index contributed by atoms with van der Waals surface area (Å²) >= 11 is 6.13. The average Bonchev–Trinajstić information content (AvgIpc) is 2.74. The zero-order valence-electron chi connectivity index (χ0n) is 16.5. The molecule has 1 aromatic heterocycles. The average molecular weight is 406 g/mol. The molecule has 0 bridgehead atoms. The van der Waals surface area contributed by atoms with E-state index in [1.807, 2.05) is 36.4 Å². The van der Waals surface area contributed by atoms with Crippen molar-refractivity contribution < 1.29 is 4.79 Å². The van der Waals surface area contributed by atoms with Gasteiger partial charge in [-0.1, -0.05) is 29.8 Å². The van der Waals surface area contributed by atoms with E-state index in [1.165, 1.54) is 30.9 Å². The Morgan fingerprint density at radius 3 is 2.69 bits per heavy atom. The molecule has 4 rings (SSSR count). The number of anilines is 2. The van der Waals surface area contributed by atoms with Crippen LogP contribution in [-0.4, -0.2) is 24.0 Å². The molecule has 1 amide bonds.